The first-order valence-electron chi connectivity index (χ1n) is 7.07. The van der Waals surface area contributed by atoms with E-state index in [-0.39, 0.29) is 0 Å². The Morgan fingerprint density at radius 1 is 0.826 bits per heavy atom. The normalized spacial score (nSPS) is 10.4. The van der Waals surface area contributed by atoms with Crippen molar-refractivity contribution in [2.45, 2.75) is 0 Å². The van der Waals surface area contributed by atoms with Gasteiger partial charge in [0.25, 0.3) is 0 Å². The van der Waals surface area contributed by atoms with Gasteiger partial charge in [0.05, 0.1) is 27.0 Å². The highest BCUT2D eigenvalue weighted by atomic mass is 32.1. The SMILES string of the molecule is COc1ccc(-c2nc(-c3cc(OC)ccc3OC)cs2)cc1. The topological polar surface area (TPSA) is 40.6 Å². The number of hydrogen-bond acceptors (Lipinski definition) is 5. The average molecular weight is 327 g/mol. The third kappa shape index (κ3) is 3.14. The average Bonchev–Trinajstić information content (AvgIpc) is 3.11. The van der Waals surface area contributed by atoms with E-state index in [2.05, 4.69) is 0 Å². The van der Waals surface area contributed by atoms with Gasteiger partial charge >= 0.3 is 0 Å². The highest BCUT2D eigenvalue weighted by Gasteiger charge is 2.12. The molecule has 3 rings (SSSR count). The monoisotopic (exact) mass is 327 g/mol. The number of rotatable bonds is 5. The van der Waals surface area contributed by atoms with E-state index in [1.807, 2.05) is 47.8 Å². The van der Waals surface area contributed by atoms with Crippen LogP contribution in [0.1, 0.15) is 0 Å². The van der Waals surface area contributed by atoms with Crippen LogP contribution >= 0.6 is 11.3 Å². The lowest BCUT2D eigenvalue weighted by molar-refractivity contribution is 0.404. The van der Waals surface area contributed by atoms with Crippen molar-refractivity contribution < 1.29 is 14.2 Å². The standard InChI is InChI=1S/C18H17NO3S/c1-20-13-6-4-12(5-7-13)18-19-16(11-23-18)15-10-14(21-2)8-9-17(15)22-3/h4-11H,1-3H3. The quantitative estimate of drug-likeness (QED) is 0.691. The lowest BCUT2D eigenvalue weighted by Crippen LogP contribution is -1.90. The van der Waals surface area contributed by atoms with Gasteiger partial charge in [0, 0.05) is 16.5 Å². The van der Waals surface area contributed by atoms with Crippen LogP contribution in [0.2, 0.25) is 0 Å². The summed E-state index contributed by atoms with van der Waals surface area (Å²) >= 11 is 1.60. The van der Waals surface area contributed by atoms with E-state index in [1.165, 1.54) is 0 Å². The molecular formula is C18H17NO3S. The van der Waals surface area contributed by atoms with Gasteiger partial charge in [-0.1, -0.05) is 0 Å². The molecule has 0 amide bonds. The third-order valence-corrected chi connectivity index (χ3v) is 4.42. The molecule has 0 atom stereocenters. The minimum atomic E-state index is 0.775. The first-order valence-corrected chi connectivity index (χ1v) is 7.95. The maximum Gasteiger partial charge on any atom is 0.128 e. The van der Waals surface area contributed by atoms with E-state index in [9.17, 15) is 0 Å². The largest absolute Gasteiger partial charge is 0.497 e. The Labute approximate surface area is 139 Å². The molecule has 0 saturated carbocycles. The molecule has 0 spiro atoms. The van der Waals surface area contributed by atoms with Crippen molar-refractivity contribution in [3.63, 3.8) is 0 Å². The predicted octanol–water partition coefficient (Wildman–Crippen LogP) is 4.50. The van der Waals surface area contributed by atoms with Crippen molar-refractivity contribution in [3.05, 3.63) is 47.8 Å². The summed E-state index contributed by atoms with van der Waals surface area (Å²) in [6.45, 7) is 0. The van der Waals surface area contributed by atoms with Gasteiger partial charge in [-0.2, -0.15) is 0 Å². The highest BCUT2D eigenvalue weighted by molar-refractivity contribution is 7.13. The van der Waals surface area contributed by atoms with E-state index < -0.39 is 0 Å². The van der Waals surface area contributed by atoms with Crippen molar-refractivity contribution in [3.8, 4) is 39.1 Å². The summed E-state index contributed by atoms with van der Waals surface area (Å²) < 4.78 is 15.9. The Bertz CT molecular complexity index is 796. The summed E-state index contributed by atoms with van der Waals surface area (Å²) in [5.41, 5.74) is 2.85. The van der Waals surface area contributed by atoms with E-state index in [1.54, 1.807) is 32.7 Å². The molecule has 118 valence electrons. The van der Waals surface area contributed by atoms with E-state index in [0.29, 0.717) is 0 Å². The summed E-state index contributed by atoms with van der Waals surface area (Å²) in [7, 11) is 4.96. The zero-order valence-electron chi connectivity index (χ0n) is 13.2. The van der Waals surface area contributed by atoms with Crippen molar-refractivity contribution in [1.82, 2.24) is 4.98 Å². The molecule has 0 radical (unpaired) electrons. The van der Waals surface area contributed by atoms with Gasteiger partial charge in [-0.15, -0.1) is 11.3 Å². The molecule has 0 bridgehead atoms. The molecule has 0 fully saturated rings. The van der Waals surface area contributed by atoms with E-state index in [0.717, 1.165) is 39.1 Å². The molecule has 1 aromatic heterocycles. The van der Waals surface area contributed by atoms with Gasteiger partial charge < -0.3 is 14.2 Å². The van der Waals surface area contributed by atoms with Gasteiger partial charge in [0.2, 0.25) is 0 Å². The molecule has 3 aromatic rings. The van der Waals surface area contributed by atoms with Crippen molar-refractivity contribution >= 4 is 11.3 Å². The fourth-order valence-corrected chi connectivity index (χ4v) is 3.10. The fraction of sp³-hybridized carbons (Fsp3) is 0.167. The number of hydrogen-bond donors (Lipinski definition) is 0. The minimum absolute atomic E-state index is 0.775. The molecule has 2 aromatic carbocycles. The molecule has 4 nitrogen and oxygen atoms in total. The van der Waals surface area contributed by atoms with Crippen LogP contribution in [-0.4, -0.2) is 26.3 Å². The van der Waals surface area contributed by atoms with Crippen LogP contribution < -0.4 is 14.2 Å². The first kappa shape index (κ1) is 15.4. The van der Waals surface area contributed by atoms with Crippen LogP contribution in [0.4, 0.5) is 0 Å². The molecule has 0 aliphatic heterocycles. The molecular weight excluding hydrogens is 310 g/mol. The fourth-order valence-electron chi connectivity index (χ4n) is 2.28. The van der Waals surface area contributed by atoms with Crippen LogP contribution in [0.5, 0.6) is 17.2 Å². The molecule has 0 aliphatic rings. The highest BCUT2D eigenvalue weighted by Crippen LogP contribution is 2.36. The molecule has 1 heterocycles. The Morgan fingerprint density at radius 3 is 2.17 bits per heavy atom. The summed E-state index contributed by atoms with van der Waals surface area (Å²) in [5, 5.41) is 2.98. The van der Waals surface area contributed by atoms with E-state index >= 15 is 0 Å². The second-order valence-corrected chi connectivity index (χ2v) is 5.69. The Hall–Kier alpha value is -2.53. The van der Waals surface area contributed by atoms with Crippen LogP contribution in [-0.2, 0) is 0 Å². The van der Waals surface area contributed by atoms with Crippen LogP contribution in [0.15, 0.2) is 47.8 Å². The van der Waals surface area contributed by atoms with Crippen molar-refractivity contribution in [1.29, 1.82) is 0 Å². The molecule has 0 saturated heterocycles. The molecule has 5 heteroatoms. The van der Waals surface area contributed by atoms with Crippen LogP contribution in [0, 0.1) is 0 Å². The van der Waals surface area contributed by atoms with Crippen LogP contribution in [0.3, 0.4) is 0 Å². The van der Waals surface area contributed by atoms with Gasteiger partial charge in [-0.05, 0) is 42.5 Å². The zero-order valence-corrected chi connectivity index (χ0v) is 14.0. The number of nitrogens with zero attached hydrogens (tertiary/aromatic N) is 1. The molecule has 0 unspecified atom stereocenters. The Kier molecular flexibility index (Phi) is 4.48. The summed E-state index contributed by atoms with van der Waals surface area (Å²) in [5.74, 6) is 2.39. The lowest BCUT2D eigenvalue weighted by Gasteiger charge is -2.08. The number of thiazole rings is 1. The number of benzene rings is 2. The number of aromatic nitrogens is 1. The Balaban J connectivity index is 1.98. The molecule has 0 N–H and O–H groups in total. The van der Waals surface area contributed by atoms with Crippen molar-refractivity contribution in [2.75, 3.05) is 21.3 Å². The smallest absolute Gasteiger partial charge is 0.128 e. The van der Waals surface area contributed by atoms with Crippen molar-refractivity contribution in [2.24, 2.45) is 0 Å². The zero-order chi connectivity index (χ0) is 16.2. The third-order valence-electron chi connectivity index (χ3n) is 3.52. The van der Waals surface area contributed by atoms with Gasteiger partial charge in [-0.25, -0.2) is 4.98 Å². The van der Waals surface area contributed by atoms with Gasteiger partial charge in [-0.3, -0.25) is 0 Å². The minimum Gasteiger partial charge on any atom is -0.497 e. The maximum absolute atomic E-state index is 5.44. The number of ether oxygens (including phenoxy) is 3. The first-order chi connectivity index (χ1) is 11.2. The predicted molar refractivity (Wildman–Crippen MR) is 92.6 cm³/mol. The molecule has 0 aliphatic carbocycles. The molecule has 23 heavy (non-hydrogen) atoms. The summed E-state index contributed by atoms with van der Waals surface area (Å²) in [4.78, 5) is 4.73. The number of methoxy groups -OCH3 is 3. The second-order valence-electron chi connectivity index (χ2n) is 4.83. The van der Waals surface area contributed by atoms with E-state index in [4.69, 9.17) is 19.2 Å². The van der Waals surface area contributed by atoms with Gasteiger partial charge in [0.15, 0.2) is 0 Å². The lowest BCUT2D eigenvalue weighted by atomic mass is 10.1. The van der Waals surface area contributed by atoms with Crippen LogP contribution in [0.25, 0.3) is 21.8 Å². The second kappa shape index (κ2) is 6.71. The Morgan fingerprint density at radius 2 is 1.52 bits per heavy atom. The van der Waals surface area contributed by atoms with Gasteiger partial charge in [0.1, 0.15) is 22.3 Å². The summed E-state index contributed by atoms with van der Waals surface area (Å²) in [6, 6.07) is 13.6. The summed E-state index contributed by atoms with van der Waals surface area (Å²) in [6.07, 6.45) is 0. The maximum atomic E-state index is 5.44.